The number of hydrogen-bond acceptors (Lipinski definition) is 4. The van der Waals surface area contributed by atoms with Crippen LogP contribution in [0.25, 0.3) is 0 Å². The average molecular weight is 480 g/mol. The van der Waals surface area contributed by atoms with E-state index in [4.69, 9.17) is 11.6 Å². The van der Waals surface area contributed by atoms with Gasteiger partial charge in [-0.2, -0.15) is 9.57 Å². The van der Waals surface area contributed by atoms with Crippen LogP contribution in [0.4, 0.5) is 5.69 Å². The monoisotopic (exact) mass is 479 g/mol. The van der Waals surface area contributed by atoms with E-state index in [0.717, 1.165) is 28.3 Å². The fraction of sp³-hybridized carbons (Fsp3) is 0.200. The fourth-order valence-electron chi connectivity index (χ4n) is 3.59. The number of carbonyl (C=O) groups excluding carboxylic acids is 1. The molecule has 1 fully saturated rings. The zero-order valence-electron chi connectivity index (χ0n) is 17.7. The van der Waals surface area contributed by atoms with E-state index < -0.39 is 21.3 Å². The lowest BCUT2D eigenvalue weighted by Crippen LogP contribution is -2.37. The molecule has 168 valence electrons. The van der Waals surface area contributed by atoms with Gasteiger partial charge in [0.2, 0.25) is 15.9 Å². The average Bonchev–Trinajstić information content (AvgIpc) is 3.61. The zero-order valence-corrected chi connectivity index (χ0v) is 19.3. The number of anilines is 1. The van der Waals surface area contributed by atoms with Crippen molar-refractivity contribution in [1.29, 1.82) is 5.26 Å². The van der Waals surface area contributed by atoms with Crippen LogP contribution >= 0.6 is 11.6 Å². The molecule has 0 bridgehead atoms. The first-order valence-electron chi connectivity index (χ1n) is 10.4. The molecule has 4 rings (SSSR count). The molecule has 0 saturated heterocycles. The predicted octanol–water partition coefficient (Wildman–Crippen LogP) is 4.72. The van der Waals surface area contributed by atoms with Crippen molar-refractivity contribution >= 4 is 33.2 Å². The zero-order chi connectivity index (χ0) is 23.5. The Morgan fingerprint density at radius 2 is 1.64 bits per heavy atom. The fourth-order valence-corrected chi connectivity index (χ4v) is 5.10. The third-order valence-electron chi connectivity index (χ3n) is 5.66. The Hall–Kier alpha value is -3.18. The molecule has 33 heavy (non-hydrogen) atoms. The number of nitrogens with zero attached hydrogens (tertiary/aromatic N) is 2. The molecule has 1 saturated carbocycles. The highest BCUT2D eigenvalue weighted by Crippen LogP contribution is 2.47. The molecule has 0 aromatic heterocycles. The van der Waals surface area contributed by atoms with E-state index in [1.54, 1.807) is 12.1 Å². The van der Waals surface area contributed by atoms with Crippen molar-refractivity contribution in [1.82, 2.24) is 4.31 Å². The summed E-state index contributed by atoms with van der Waals surface area (Å²) in [5.74, 6) is -0.461. The number of hydrogen-bond donors (Lipinski definition) is 1. The van der Waals surface area contributed by atoms with Crippen molar-refractivity contribution in [3.05, 3.63) is 95.0 Å². The molecule has 3 aromatic rings. The highest BCUT2D eigenvalue weighted by atomic mass is 35.5. The van der Waals surface area contributed by atoms with Gasteiger partial charge < -0.3 is 5.32 Å². The topological polar surface area (TPSA) is 90.3 Å². The Balaban J connectivity index is 1.52. The second-order valence-corrected chi connectivity index (χ2v) is 10.4. The smallest absolute Gasteiger partial charge is 0.243 e. The van der Waals surface area contributed by atoms with E-state index in [-0.39, 0.29) is 18.0 Å². The van der Waals surface area contributed by atoms with Crippen molar-refractivity contribution in [3.8, 4) is 6.07 Å². The van der Waals surface area contributed by atoms with Crippen molar-refractivity contribution in [3.63, 3.8) is 0 Å². The summed E-state index contributed by atoms with van der Waals surface area (Å²) in [5.41, 5.74) is 1.83. The summed E-state index contributed by atoms with van der Waals surface area (Å²) in [6, 6.07) is 24.4. The lowest BCUT2D eigenvalue weighted by atomic mass is 9.98. The van der Waals surface area contributed by atoms with E-state index in [1.807, 2.05) is 42.5 Å². The second kappa shape index (κ2) is 9.36. The molecule has 1 amide bonds. The number of amides is 1. The Bertz CT molecular complexity index is 1280. The maximum atomic E-state index is 13.3. The molecule has 0 heterocycles. The van der Waals surface area contributed by atoms with E-state index in [0.29, 0.717) is 10.7 Å². The van der Waals surface area contributed by atoms with Gasteiger partial charge >= 0.3 is 0 Å². The Morgan fingerprint density at radius 3 is 2.21 bits per heavy atom. The van der Waals surface area contributed by atoms with E-state index in [2.05, 4.69) is 11.4 Å². The first-order chi connectivity index (χ1) is 15.8. The van der Waals surface area contributed by atoms with Gasteiger partial charge in [-0.15, -0.1) is 0 Å². The number of carbonyl (C=O) groups is 1. The Morgan fingerprint density at radius 1 is 1.00 bits per heavy atom. The highest BCUT2D eigenvalue weighted by Gasteiger charge is 2.44. The molecule has 8 heteroatoms. The third-order valence-corrected chi connectivity index (χ3v) is 7.72. The second-order valence-electron chi connectivity index (χ2n) is 8.03. The van der Waals surface area contributed by atoms with Gasteiger partial charge in [-0.3, -0.25) is 4.79 Å². The van der Waals surface area contributed by atoms with Crippen LogP contribution < -0.4 is 5.32 Å². The van der Waals surface area contributed by atoms with Crippen molar-refractivity contribution in [2.24, 2.45) is 0 Å². The summed E-state index contributed by atoms with van der Waals surface area (Å²) in [6.07, 6.45) is 1.68. The van der Waals surface area contributed by atoms with E-state index in [9.17, 15) is 18.5 Å². The third kappa shape index (κ3) is 5.25. The number of sulfonamides is 1. The van der Waals surface area contributed by atoms with Crippen molar-refractivity contribution < 1.29 is 13.2 Å². The number of rotatable bonds is 8. The van der Waals surface area contributed by atoms with Gasteiger partial charge in [-0.05, 0) is 60.4 Å². The van der Waals surface area contributed by atoms with Gasteiger partial charge in [0.05, 0.1) is 22.9 Å². The van der Waals surface area contributed by atoms with Crippen LogP contribution in [0.3, 0.4) is 0 Å². The lowest BCUT2D eigenvalue weighted by Gasteiger charge is -2.22. The van der Waals surface area contributed by atoms with Gasteiger partial charge in [0.15, 0.2) is 0 Å². The van der Waals surface area contributed by atoms with E-state index >= 15 is 0 Å². The summed E-state index contributed by atoms with van der Waals surface area (Å²) in [7, 11) is -3.95. The van der Waals surface area contributed by atoms with Crippen molar-refractivity contribution in [2.45, 2.75) is 29.7 Å². The Kier molecular flexibility index (Phi) is 6.52. The first kappa shape index (κ1) is 23.0. The SMILES string of the molecule is N#CC1(c2ccc(NC(=O)CN(Cc3ccccc3)S(=O)(=O)c3ccc(Cl)cc3)cc2)CC1. The number of nitriles is 1. The molecule has 6 nitrogen and oxygen atoms in total. The molecule has 0 unspecified atom stereocenters. The van der Waals surface area contributed by atoms with Gasteiger partial charge in [-0.1, -0.05) is 54.1 Å². The van der Waals surface area contributed by atoms with Crippen LogP contribution in [-0.4, -0.2) is 25.2 Å². The molecule has 0 spiro atoms. The van der Waals surface area contributed by atoms with Gasteiger partial charge in [0, 0.05) is 17.3 Å². The predicted molar refractivity (Wildman–Crippen MR) is 127 cm³/mol. The first-order valence-corrected chi connectivity index (χ1v) is 12.3. The summed E-state index contributed by atoms with van der Waals surface area (Å²) >= 11 is 5.91. The summed E-state index contributed by atoms with van der Waals surface area (Å²) in [5, 5.41) is 12.5. The van der Waals surface area contributed by atoms with Crippen LogP contribution in [0.15, 0.2) is 83.8 Å². The van der Waals surface area contributed by atoms with Gasteiger partial charge in [0.25, 0.3) is 0 Å². The number of benzene rings is 3. The van der Waals surface area contributed by atoms with Crippen LogP contribution in [0.1, 0.15) is 24.0 Å². The van der Waals surface area contributed by atoms with Gasteiger partial charge in [0.1, 0.15) is 0 Å². The van der Waals surface area contributed by atoms with Gasteiger partial charge in [-0.25, -0.2) is 8.42 Å². The molecule has 1 N–H and O–H groups in total. The quantitative estimate of drug-likeness (QED) is 0.506. The molecule has 1 aliphatic carbocycles. The van der Waals surface area contributed by atoms with Crippen LogP contribution in [-0.2, 0) is 26.8 Å². The minimum Gasteiger partial charge on any atom is -0.325 e. The molecule has 0 radical (unpaired) electrons. The normalized spacial score (nSPS) is 14.5. The van der Waals surface area contributed by atoms with Crippen LogP contribution in [0.5, 0.6) is 0 Å². The standard InChI is InChI=1S/C25H22ClN3O3S/c26-21-8-12-23(13-9-21)33(31,32)29(16-19-4-2-1-3-5-19)17-24(30)28-22-10-6-20(7-11-22)25(18-27)14-15-25/h1-13H,14-17H2,(H,28,30). The summed E-state index contributed by atoms with van der Waals surface area (Å²) in [4.78, 5) is 12.9. The summed E-state index contributed by atoms with van der Waals surface area (Å²) < 4.78 is 27.7. The largest absolute Gasteiger partial charge is 0.325 e. The molecule has 3 aromatic carbocycles. The highest BCUT2D eigenvalue weighted by molar-refractivity contribution is 7.89. The Labute approximate surface area is 198 Å². The number of nitrogens with one attached hydrogen (secondary N) is 1. The molecular formula is C25H22ClN3O3S. The van der Waals surface area contributed by atoms with Crippen LogP contribution in [0.2, 0.25) is 5.02 Å². The van der Waals surface area contributed by atoms with Crippen molar-refractivity contribution in [2.75, 3.05) is 11.9 Å². The maximum Gasteiger partial charge on any atom is 0.243 e. The lowest BCUT2D eigenvalue weighted by molar-refractivity contribution is -0.116. The maximum absolute atomic E-state index is 13.3. The molecule has 1 aliphatic rings. The minimum atomic E-state index is -3.95. The van der Waals surface area contributed by atoms with E-state index in [1.165, 1.54) is 24.3 Å². The molecule has 0 aliphatic heterocycles. The molecule has 0 atom stereocenters. The van der Waals surface area contributed by atoms with Crippen LogP contribution in [0, 0.1) is 11.3 Å². The summed E-state index contributed by atoms with van der Waals surface area (Å²) in [6.45, 7) is -0.313. The molecular weight excluding hydrogens is 458 g/mol. The number of halogens is 1. The minimum absolute atomic E-state index is 0.0445.